The molecule has 0 radical (unpaired) electrons. The highest BCUT2D eigenvalue weighted by molar-refractivity contribution is 8.13. The normalized spacial score (nSPS) is 11.3. The van der Waals surface area contributed by atoms with Gasteiger partial charge in [0.05, 0.1) is 22.0 Å². The molecule has 1 aromatic rings. The quantitative estimate of drug-likeness (QED) is 0.473. The minimum absolute atomic E-state index is 0.0448. The molecule has 0 aliphatic carbocycles. The molecular weight excluding hydrogens is 282 g/mol. The van der Waals surface area contributed by atoms with Gasteiger partial charge < -0.3 is 4.74 Å². The third-order valence-electron chi connectivity index (χ3n) is 2.30. The summed E-state index contributed by atoms with van der Waals surface area (Å²) >= 11 is 0. The Morgan fingerprint density at radius 1 is 1.39 bits per heavy atom. The molecule has 0 unspecified atom stereocenters. The number of hydrogen-bond acceptors (Lipinski definition) is 5. The Morgan fingerprint density at radius 3 is 2.39 bits per heavy atom. The first-order valence-electron chi connectivity index (χ1n) is 5.20. The largest absolute Gasteiger partial charge is 0.487 e. The van der Waals surface area contributed by atoms with Gasteiger partial charge in [-0.3, -0.25) is 10.1 Å². The first-order chi connectivity index (χ1) is 8.32. The van der Waals surface area contributed by atoms with Crippen LogP contribution in [0.25, 0.3) is 0 Å². The maximum absolute atomic E-state index is 11.4. The van der Waals surface area contributed by atoms with E-state index in [0.29, 0.717) is 0 Å². The van der Waals surface area contributed by atoms with E-state index < -0.39 is 14.0 Å². The maximum atomic E-state index is 11.4. The van der Waals surface area contributed by atoms with Gasteiger partial charge in [0, 0.05) is 10.7 Å². The van der Waals surface area contributed by atoms with Gasteiger partial charge in [-0.05, 0) is 25.5 Å². The Labute approximate surface area is 109 Å². The number of nitro groups is 1. The average Bonchev–Trinajstić information content (AvgIpc) is 2.26. The molecule has 0 saturated heterocycles. The van der Waals surface area contributed by atoms with Crippen LogP contribution in [0, 0.1) is 10.1 Å². The summed E-state index contributed by atoms with van der Waals surface area (Å²) in [7, 11) is 1.24. The highest BCUT2D eigenvalue weighted by atomic mass is 35.7. The molecule has 0 aromatic heterocycles. The fourth-order valence-corrected chi connectivity index (χ4v) is 2.84. The molecule has 100 valence electrons. The summed E-state index contributed by atoms with van der Waals surface area (Å²) in [5.41, 5.74) is -0.290. The van der Waals surface area contributed by atoms with Crippen molar-refractivity contribution < 1.29 is 18.1 Å². The van der Waals surface area contributed by atoms with Crippen molar-refractivity contribution in [3.05, 3.63) is 27.8 Å². The number of benzene rings is 1. The van der Waals surface area contributed by atoms with E-state index in [2.05, 4.69) is 0 Å². The van der Waals surface area contributed by atoms with Crippen molar-refractivity contribution in [2.45, 2.75) is 25.2 Å². The number of nitro benzene ring substituents is 1. The van der Waals surface area contributed by atoms with Crippen molar-refractivity contribution >= 4 is 25.4 Å². The van der Waals surface area contributed by atoms with Crippen LogP contribution in [-0.4, -0.2) is 19.9 Å². The topological polar surface area (TPSA) is 86.5 Å². The second kappa shape index (κ2) is 5.53. The smallest absolute Gasteiger partial charge is 0.315 e. The Balaban J connectivity index is 3.63. The number of halogens is 1. The molecular formula is C10H12ClNO5S. The van der Waals surface area contributed by atoms with Crippen LogP contribution in [0.4, 0.5) is 5.69 Å². The van der Waals surface area contributed by atoms with E-state index in [1.807, 2.05) is 0 Å². The van der Waals surface area contributed by atoms with E-state index in [9.17, 15) is 18.5 Å². The standard InChI is InChI=1S/C10H12ClNO5S/c1-3-7-9(18(11,15)16)6-5-8(17-4-2)10(7)12(13)14/h5-6H,3-4H2,1-2H3. The number of hydrogen-bond donors (Lipinski definition) is 0. The van der Waals surface area contributed by atoms with Gasteiger partial charge in [-0.25, -0.2) is 8.42 Å². The molecule has 0 atom stereocenters. The Hall–Kier alpha value is -1.34. The van der Waals surface area contributed by atoms with Gasteiger partial charge in [0.1, 0.15) is 0 Å². The molecule has 6 nitrogen and oxygen atoms in total. The van der Waals surface area contributed by atoms with Crippen molar-refractivity contribution in [2.75, 3.05) is 6.61 Å². The van der Waals surface area contributed by atoms with Gasteiger partial charge in [0.15, 0.2) is 5.75 Å². The zero-order valence-electron chi connectivity index (χ0n) is 9.84. The van der Waals surface area contributed by atoms with Crippen molar-refractivity contribution in [1.82, 2.24) is 0 Å². The predicted molar refractivity (Wildman–Crippen MR) is 66.7 cm³/mol. The van der Waals surface area contributed by atoms with Gasteiger partial charge in [-0.2, -0.15) is 0 Å². The molecule has 0 spiro atoms. The molecule has 0 bridgehead atoms. The highest BCUT2D eigenvalue weighted by Crippen LogP contribution is 2.36. The molecule has 8 heteroatoms. The van der Waals surface area contributed by atoms with Crippen LogP contribution < -0.4 is 4.74 Å². The van der Waals surface area contributed by atoms with E-state index in [-0.39, 0.29) is 34.9 Å². The van der Waals surface area contributed by atoms with Crippen molar-refractivity contribution in [2.24, 2.45) is 0 Å². The fraction of sp³-hybridized carbons (Fsp3) is 0.400. The van der Waals surface area contributed by atoms with Crippen LogP contribution in [0.5, 0.6) is 5.75 Å². The molecule has 18 heavy (non-hydrogen) atoms. The summed E-state index contributed by atoms with van der Waals surface area (Å²) in [6, 6.07) is 2.47. The highest BCUT2D eigenvalue weighted by Gasteiger charge is 2.27. The lowest BCUT2D eigenvalue weighted by Crippen LogP contribution is -2.05. The van der Waals surface area contributed by atoms with E-state index in [0.717, 1.165) is 0 Å². The van der Waals surface area contributed by atoms with Crippen LogP contribution in [0.2, 0.25) is 0 Å². The number of rotatable bonds is 5. The first-order valence-corrected chi connectivity index (χ1v) is 7.51. The summed E-state index contributed by atoms with van der Waals surface area (Å²) in [6.07, 6.45) is 0.165. The first kappa shape index (κ1) is 14.7. The maximum Gasteiger partial charge on any atom is 0.315 e. The van der Waals surface area contributed by atoms with Crippen LogP contribution in [0.3, 0.4) is 0 Å². The molecule has 0 fully saturated rings. The minimum atomic E-state index is -4.02. The average molecular weight is 294 g/mol. The SMILES string of the molecule is CCOc1ccc(S(=O)(=O)Cl)c(CC)c1[N+](=O)[O-]. The van der Waals surface area contributed by atoms with Gasteiger partial charge in [-0.15, -0.1) is 0 Å². The summed E-state index contributed by atoms with van der Waals surface area (Å²) in [5, 5.41) is 11.0. The van der Waals surface area contributed by atoms with Gasteiger partial charge >= 0.3 is 5.69 Å². The Bertz CT molecular complexity index is 570. The van der Waals surface area contributed by atoms with Crippen molar-refractivity contribution in [3.8, 4) is 5.75 Å². The molecule has 1 aromatic carbocycles. The molecule has 0 aliphatic heterocycles. The predicted octanol–water partition coefficient (Wildman–Crippen LogP) is 2.48. The van der Waals surface area contributed by atoms with E-state index in [1.54, 1.807) is 13.8 Å². The molecule has 0 heterocycles. The second-order valence-corrected chi connectivity index (χ2v) is 5.90. The molecule has 0 amide bonds. The fourth-order valence-electron chi connectivity index (χ4n) is 1.64. The van der Waals surface area contributed by atoms with Crippen LogP contribution in [0.1, 0.15) is 19.4 Å². The van der Waals surface area contributed by atoms with Crippen LogP contribution in [-0.2, 0) is 15.5 Å². The molecule has 1 rings (SSSR count). The summed E-state index contributed by atoms with van der Waals surface area (Å²) in [6.45, 7) is 3.54. The van der Waals surface area contributed by atoms with Gasteiger partial charge in [0.25, 0.3) is 9.05 Å². The molecule has 0 saturated carbocycles. The second-order valence-electron chi connectivity index (χ2n) is 3.37. The van der Waals surface area contributed by atoms with Gasteiger partial charge in [0.2, 0.25) is 0 Å². The third-order valence-corrected chi connectivity index (χ3v) is 3.71. The molecule has 0 aliphatic rings. The summed E-state index contributed by atoms with van der Waals surface area (Å²) < 4.78 is 27.8. The summed E-state index contributed by atoms with van der Waals surface area (Å²) in [5.74, 6) is 0.0448. The van der Waals surface area contributed by atoms with E-state index >= 15 is 0 Å². The Morgan fingerprint density at radius 2 is 2.00 bits per heavy atom. The minimum Gasteiger partial charge on any atom is -0.487 e. The molecule has 0 N–H and O–H groups in total. The van der Waals surface area contributed by atoms with Crippen molar-refractivity contribution in [3.63, 3.8) is 0 Å². The zero-order valence-corrected chi connectivity index (χ0v) is 11.4. The van der Waals surface area contributed by atoms with Crippen LogP contribution >= 0.6 is 10.7 Å². The number of ether oxygens (including phenoxy) is 1. The third kappa shape index (κ3) is 2.91. The van der Waals surface area contributed by atoms with Crippen LogP contribution in [0.15, 0.2) is 17.0 Å². The van der Waals surface area contributed by atoms with Crippen molar-refractivity contribution in [1.29, 1.82) is 0 Å². The number of nitrogens with zero attached hydrogens (tertiary/aromatic N) is 1. The monoisotopic (exact) mass is 293 g/mol. The lowest BCUT2D eigenvalue weighted by atomic mass is 10.1. The van der Waals surface area contributed by atoms with Gasteiger partial charge in [-0.1, -0.05) is 6.92 Å². The lowest BCUT2D eigenvalue weighted by molar-refractivity contribution is -0.386. The summed E-state index contributed by atoms with van der Waals surface area (Å²) in [4.78, 5) is 10.1. The van der Waals surface area contributed by atoms with E-state index in [4.69, 9.17) is 15.4 Å². The van der Waals surface area contributed by atoms with E-state index in [1.165, 1.54) is 12.1 Å². The zero-order chi connectivity index (χ0) is 13.9. The Kier molecular flexibility index (Phi) is 4.53. The lowest BCUT2D eigenvalue weighted by Gasteiger charge is -2.10.